The van der Waals surface area contributed by atoms with Crippen molar-refractivity contribution >= 4 is 22.9 Å². The Hall–Kier alpha value is -0.310. The predicted molar refractivity (Wildman–Crippen MR) is 74.6 cm³/mol. The van der Waals surface area contributed by atoms with Gasteiger partial charge in [-0.15, -0.1) is 11.3 Å². The summed E-state index contributed by atoms with van der Waals surface area (Å²) in [6.07, 6.45) is 7.61. The van der Waals surface area contributed by atoms with Crippen molar-refractivity contribution in [2.45, 2.75) is 25.8 Å². The van der Waals surface area contributed by atoms with Crippen molar-refractivity contribution in [3.63, 3.8) is 0 Å². The zero-order valence-electron chi connectivity index (χ0n) is 10.0. The highest BCUT2D eigenvalue weighted by molar-refractivity contribution is 7.16. The van der Waals surface area contributed by atoms with E-state index in [1.807, 2.05) is 6.07 Å². The van der Waals surface area contributed by atoms with Crippen LogP contribution in [0, 0.1) is 17.8 Å². The Morgan fingerprint density at radius 1 is 1.41 bits per heavy atom. The number of hydrogen-bond donors (Lipinski definition) is 1. The van der Waals surface area contributed by atoms with Gasteiger partial charge < -0.3 is 5.32 Å². The Balaban J connectivity index is 1.53. The van der Waals surface area contributed by atoms with Gasteiger partial charge >= 0.3 is 0 Å². The van der Waals surface area contributed by atoms with Gasteiger partial charge in [0.2, 0.25) is 0 Å². The number of fused-ring (bicyclic) bond motifs is 2. The molecule has 3 rings (SSSR count). The van der Waals surface area contributed by atoms with Crippen LogP contribution in [0.15, 0.2) is 24.3 Å². The molecule has 0 radical (unpaired) electrons. The highest BCUT2D eigenvalue weighted by Crippen LogP contribution is 2.43. The predicted octanol–water partition coefficient (Wildman–Crippen LogP) is 4.26. The molecule has 4 atom stereocenters. The van der Waals surface area contributed by atoms with Crippen LogP contribution in [-0.4, -0.2) is 6.54 Å². The Morgan fingerprint density at radius 2 is 2.29 bits per heavy atom. The zero-order valence-corrected chi connectivity index (χ0v) is 11.6. The van der Waals surface area contributed by atoms with E-state index in [2.05, 4.69) is 30.5 Å². The first-order valence-electron chi connectivity index (χ1n) is 6.39. The van der Waals surface area contributed by atoms with Gasteiger partial charge in [-0.3, -0.25) is 0 Å². The average Bonchev–Trinajstić information content (AvgIpc) is 3.01. The molecule has 1 heterocycles. The van der Waals surface area contributed by atoms with E-state index in [0.717, 1.165) is 28.6 Å². The fourth-order valence-electron chi connectivity index (χ4n) is 3.12. The van der Waals surface area contributed by atoms with Crippen molar-refractivity contribution in [3.8, 4) is 0 Å². The van der Waals surface area contributed by atoms with Crippen molar-refractivity contribution < 1.29 is 0 Å². The molecule has 1 aromatic rings. The second-order valence-corrected chi connectivity index (χ2v) is 7.06. The van der Waals surface area contributed by atoms with Crippen LogP contribution >= 0.6 is 22.9 Å². The molecule has 92 valence electrons. The number of hydrogen-bond acceptors (Lipinski definition) is 2. The maximum atomic E-state index is 5.96. The molecule has 4 unspecified atom stereocenters. The lowest BCUT2D eigenvalue weighted by atomic mass is 9.93. The maximum absolute atomic E-state index is 5.96. The molecule has 0 aromatic carbocycles. The molecule has 1 nitrogen and oxygen atoms in total. The molecule has 0 amide bonds. The first-order chi connectivity index (χ1) is 8.22. The van der Waals surface area contributed by atoms with Gasteiger partial charge in [0, 0.05) is 10.9 Å². The fourth-order valence-corrected chi connectivity index (χ4v) is 4.21. The van der Waals surface area contributed by atoms with Crippen LogP contribution < -0.4 is 5.32 Å². The van der Waals surface area contributed by atoms with Gasteiger partial charge in [0.05, 0.1) is 4.34 Å². The summed E-state index contributed by atoms with van der Waals surface area (Å²) in [5.74, 6) is 2.56. The van der Waals surface area contributed by atoms with E-state index in [-0.39, 0.29) is 0 Å². The van der Waals surface area contributed by atoms with Gasteiger partial charge in [-0.2, -0.15) is 0 Å². The monoisotopic (exact) mass is 267 g/mol. The van der Waals surface area contributed by atoms with E-state index in [4.69, 9.17) is 11.6 Å². The van der Waals surface area contributed by atoms with Crippen molar-refractivity contribution in [1.82, 2.24) is 5.32 Å². The van der Waals surface area contributed by atoms with Crippen molar-refractivity contribution in [3.05, 3.63) is 33.5 Å². The highest BCUT2D eigenvalue weighted by Gasteiger charge is 2.35. The summed E-state index contributed by atoms with van der Waals surface area (Å²) < 4.78 is 0.886. The van der Waals surface area contributed by atoms with Crippen LogP contribution in [0.5, 0.6) is 0 Å². The normalized spacial score (nSPS) is 32.2. The number of rotatable bonds is 4. The number of thiophene rings is 1. The second-order valence-electron chi connectivity index (χ2n) is 5.31. The lowest BCUT2D eigenvalue weighted by Crippen LogP contribution is -2.27. The van der Waals surface area contributed by atoms with Gasteiger partial charge in [-0.05, 0) is 56.2 Å². The van der Waals surface area contributed by atoms with Crippen LogP contribution in [0.2, 0.25) is 4.34 Å². The zero-order chi connectivity index (χ0) is 11.8. The largest absolute Gasteiger partial charge is 0.309 e. The van der Waals surface area contributed by atoms with Crippen molar-refractivity contribution in [1.29, 1.82) is 0 Å². The quantitative estimate of drug-likeness (QED) is 0.804. The van der Waals surface area contributed by atoms with E-state index in [1.54, 1.807) is 11.3 Å². The Bertz CT molecular complexity index is 426. The van der Waals surface area contributed by atoms with E-state index in [9.17, 15) is 0 Å². The molecule has 1 N–H and O–H groups in total. The number of nitrogens with one attached hydrogen (secondary N) is 1. The van der Waals surface area contributed by atoms with E-state index >= 15 is 0 Å². The van der Waals surface area contributed by atoms with Crippen LogP contribution in [0.25, 0.3) is 0 Å². The standard InChI is InChI=1S/C14H18ClNS/c1-9(13-4-5-14(15)17-13)16-8-12-7-10-2-3-11(12)6-10/h2-5,9-12,16H,6-8H2,1H3. The fraction of sp³-hybridized carbons (Fsp3) is 0.571. The molecular weight excluding hydrogens is 250 g/mol. The molecule has 3 heteroatoms. The minimum atomic E-state index is 0.426. The van der Waals surface area contributed by atoms with Crippen molar-refractivity contribution in [2.24, 2.45) is 17.8 Å². The van der Waals surface area contributed by atoms with Crippen molar-refractivity contribution in [2.75, 3.05) is 6.54 Å². The average molecular weight is 268 g/mol. The summed E-state index contributed by atoms with van der Waals surface area (Å²) >= 11 is 7.65. The molecule has 1 aromatic heterocycles. The van der Waals surface area contributed by atoms with Crippen LogP contribution in [0.3, 0.4) is 0 Å². The topological polar surface area (TPSA) is 12.0 Å². The van der Waals surface area contributed by atoms with E-state index in [0.29, 0.717) is 6.04 Å². The molecular formula is C14H18ClNS. The minimum absolute atomic E-state index is 0.426. The van der Waals surface area contributed by atoms with Gasteiger partial charge in [-0.25, -0.2) is 0 Å². The Kier molecular flexibility index (Phi) is 3.29. The SMILES string of the molecule is CC(NCC1CC2C=CC1C2)c1ccc(Cl)s1. The molecule has 2 bridgehead atoms. The molecule has 17 heavy (non-hydrogen) atoms. The molecule has 2 aliphatic rings. The summed E-state index contributed by atoms with van der Waals surface area (Å²) in [4.78, 5) is 1.34. The van der Waals surface area contributed by atoms with Crippen LogP contribution in [-0.2, 0) is 0 Å². The van der Waals surface area contributed by atoms with E-state index < -0.39 is 0 Å². The second kappa shape index (κ2) is 4.75. The summed E-state index contributed by atoms with van der Waals surface area (Å²) in [7, 11) is 0. The molecule has 2 aliphatic carbocycles. The van der Waals surface area contributed by atoms with Gasteiger partial charge in [0.15, 0.2) is 0 Å². The molecule has 1 fully saturated rings. The molecule has 0 saturated heterocycles. The third-order valence-corrected chi connectivity index (χ3v) is 5.54. The van der Waals surface area contributed by atoms with Crippen LogP contribution in [0.1, 0.15) is 30.7 Å². The molecule has 0 aliphatic heterocycles. The Morgan fingerprint density at radius 3 is 2.88 bits per heavy atom. The van der Waals surface area contributed by atoms with Gasteiger partial charge in [0.1, 0.15) is 0 Å². The lowest BCUT2D eigenvalue weighted by molar-refractivity contribution is 0.394. The molecule has 0 spiro atoms. The summed E-state index contributed by atoms with van der Waals surface area (Å²) in [6.45, 7) is 3.37. The van der Waals surface area contributed by atoms with Gasteiger partial charge in [0.25, 0.3) is 0 Å². The smallest absolute Gasteiger partial charge is 0.0931 e. The minimum Gasteiger partial charge on any atom is -0.309 e. The number of halogens is 1. The summed E-state index contributed by atoms with van der Waals surface area (Å²) in [5, 5.41) is 3.66. The maximum Gasteiger partial charge on any atom is 0.0931 e. The summed E-state index contributed by atoms with van der Waals surface area (Å²) in [5.41, 5.74) is 0. The first kappa shape index (κ1) is 11.8. The van der Waals surface area contributed by atoms with Gasteiger partial charge in [-0.1, -0.05) is 23.8 Å². The van der Waals surface area contributed by atoms with Crippen LogP contribution in [0.4, 0.5) is 0 Å². The first-order valence-corrected chi connectivity index (χ1v) is 7.59. The third-order valence-electron chi connectivity index (χ3n) is 4.12. The van der Waals surface area contributed by atoms with E-state index in [1.165, 1.54) is 17.7 Å². The molecule has 1 saturated carbocycles. The summed E-state index contributed by atoms with van der Waals surface area (Å²) in [6, 6.07) is 4.54. The lowest BCUT2D eigenvalue weighted by Gasteiger charge is -2.21. The number of allylic oxidation sites excluding steroid dienone is 2. The Labute approximate surface area is 112 Å². The third kappa shape index (κ3) is 2.44. The highest BCUT2D eigenvalue weighted by atomic mass is 35.5.